The number of hydrogen-bond donors (Lipinski definition) is 0. The molecule has 1 unspecified atom stereocenters. The molecular weight excluding hydrogens is 246 g/mol. The van der Waals surface area contributed by atoms with Crippen LogP contribution in [0.15, 0.2) is 30.3 Å². The highest BCUT2D eigenvalue weighted by atomic mass is 16.6. The number of cyclic esters (lactones) is 1. The number of rotatable bonds is 5. The Kier molecular flexibility index (Phi) is 3.94. The monoisotopic (exact) mass is 261 g/mol. The van der Waals surface area contributed by atoms with E-state index >= 15 is 0 Å². The van der Waals surface area contributed by atoms with E-state index in [0.29, 0.717) is 0 Å². The van der Waals surface area contributed by atoms with Crippen molar-refractivity contribution in [1.82, 2.24) is 0 Å². The van der Waals surface area contributed by atoms with Crippen LogP contribution >= 0.6 is 0 Å². The van der Waals surface area contributed by atoms with E-state index in [1.807, 2.05) is 0 Å². The molecule has 0 saturated carbocycles. The zero-order chi connectivity index (χ0) is 13.8. The molecule has 0 fully saturated rings. The van der Waals surface area contributed by atoms with Crippen LogP contribution in [0.1, 0.15) is 31.7 Å². The molecule has 1 aromatic rings. The fourth-order valence-electron chi connectivity index (χ4n) is 2.11. The maximum atomic E-state index is 11.4. The van der Waals surface area contributed by atoms with Gasteiger partial charge in [0, 0.05) is 23.8 Å². The predicted molar refractivity (Wildman–Crippen MR) is 70.5 cm³/mol. The molecule has 2 rings (SSSR count). The fourth-order valence-corrected chi connectivity index (χ4v) is 2.11. The Bertz CT molecular complexity index is 519. The number of benzene rings is 1. The second kappa shape index (κ2) is 5.65. The van der Waals surface area contributed by atoms with Crippen molar-refractivity contribution in [2.24, 2.45) is 0 Å². The van der Waals surface area contributed by atoms with Crippen molar-refractivity contribution in [2.45, 2.75) is 32.3 Å². The van der Waals surface area contributed by atoms with Crippen LogP contribution in [0.3, 0.4) is 0 Å². The van der Waals surface area contributed by atoms with Crippen molar-refractivity contribution >= 4 is 17.2 Å². The van der Waals surface area contributed by atoms with Crippen LogP contribution in [0.2, 0.25) is 0 Å². The third kappa shape index (κ3) is 2.99. The zero-order valence-electron chi connectivity index (χ0n) is 10.7. The Labute approximate surface area is 111 Å². The maximum Gasteiger partial charge on any atom is 0.331 e. The molecular formula is C14H15NO4. The summed E-state index contributed by atoms with van der Waals surface area (Å²) >= 11 is 0. The SMILES string of the molecule is CCCCC1OC(=O)C=C1c1ccc([N+](=O)[O-])cc1. The Morgan fingerprint density at radius 3 is 2.58 bits per heavy atom. The van der Waals surface area contributed by atoms with Gasteiger partial charge in [-0.15, -0.1) is 0 Å². The molecule has 0 aliphatic carbocycles. The molecule has 100 valence electrons. The number of non-ortho nitro benzene ring substituents is 1. The summed E-state index contributed by atoms with van der Waals surface area (Å²) < 4.78 is 5.24. The van der Waals surface area contributed by atoms with Crippen LogP contribution < -0.4 is 0 Å². The highest BCUT2D eigenvalue weighted by Crippen LogP contribution is 2.30. The third-order valence-corrected chi connectivity index (χ3v) is 3.11. The van der Waals surface area contributed by atoms with E-state index in [0.717, 1.165) is 30.4 Å². The van der Waals surface area contributed by atoms with Crippen molar-refractivity contribution < 1.29 is 14.5 Å². The van der Waals surface area contributed by atoms with Crippen molar-refractivity contribution in [3.8, 4) is 0 Å². The van der Waals surface area contributed by atoms with Gasteiger partial charge in [-0.25, -0.2) is 4.79 Å². The minimum atomic E-state index is -0.441. The van der Waals surface area contributed by atoms with E-state index in [4.69, 9.17) is 4.74 Å². The lowest BCUT2D eigenvalue weighted by atomic mass is 9.97. The van der Waals surface area contributed by atoms with E-state index in [-0.39, 0.29) is 17.8 Å². The van der Waals surface area contributed by atoms with E-state index in [2.05, 4.69) is 6.92 Å². The summed E-state index contributed by atoms with van der Waals surface area (Å²) in [5, 5.41) is 10.6. The molecule has 0 amide bonds. The van der Waals surface area contributed by atoms with Gasteiger partial charge in [-0.05, 0) is 30.5 Å². The number of ether oxygens (including phenoxy) is 1. The maximum absolute atomic E-state index is 11.4. The Hall–Kier alpha value is -2.17. The van der Waals surface area contributed by atoms with Gasteiger partial charge in [0.05, 0.1) is 4.92 Å². The molecule has 19 heavy (non-hydrogen) atoms. The molecule has 0 aromatic heterocycles. The molecule has 5 heteroatoms. The third-order valence-electron chi connectivity index (χ3n) is 3.11. The highest BCUT2D eigenvalue weighted by molar-refractivity contribution is 5.97. The van der Waals surface area contributed by atoms with Gasteiger partial charge in [-0.3, -0.25) is 10.1 Å². The first-order valence-electron chi connectivity index (χ1n) is 6.29. The van der Waals surface area contributed by atoms with Gasteiger partial charge in [0.1, 0.15) is 6.10 Å². The lowest BCUT2D eigenvalue weighted by Gasteiger charge is -2.13. The number of carbonyl (C=O) groups is 1. The van der Waals surface area contributed by atoms with E-state index in [1.54, 1.807) is 12.1 Å². The first-order valence-corrected chi connectivity index (χ1v) is 6.29. The molecule has 0 radical (unpaired) electrons. The Balaban J connectivity index is 2.21. The van der Waals surface area contributed by atoms with Gasteiger partial charge in [-0.1, -0.05) is 13.3 Å². The quantitative estimate of drug-likeness (QED) is 0.464. The fraction of sp³-hybridized carbons (Fsp3) is 0.357. The van der Waals surface area contributed by atoms with Gasteiger partial charge < -0.3 is 4.74 Å². The number of hydrogen-bond acceptors (Lipinski definition) is 4. The van der Waals surface area contributed by atoms with Gasteiger partial charge in [0.15, 0.2) is 0 Å². The lowest BCUT2D eigenvalue weighted by Crippen LogP contribution is -2.11. The minimum Gasteiger partial charge on any atom is -0.454 e. The Morgan fingerprint density at radius 1 is 1.32 bits per heavy atom. The van der Waals surface area contributed by atoms with Gasteiger partial charge in [0.2, 0.25) is 0 Å². The molecule has 0 saturated heterocycles. The number of nitro benzene ring substituents is 1. The topological polar surface area (TPSA) is 69.4 Å². The van der Waals surface area contributed by atoms with Gasteiger partial charge in [0.25, 0.3) is 5.69 Å². The average molecular weight is 261 g/mol. The van der Waals surface area contributed by atoms with Crippen LogP contribution in [0.4, 0.5) is 5.69 Å². The zero-order valence-corrected chi connectivity index (χ0v) is 10.7. The van der Waals surface area contributed by atoms with E-state index in [9.17, 15) is 14.9 Å². The van der Waals surface area contributed by atoms with Crippen LogP contribution in [0, 0.1) is 10.1 Å². The van der Waals surface area contributed by atoms with Crippen molar-refractivity contribution in [2.75, 3.05) is 0 Å². The normalized spacial score (nSPS) is 18.1. The smallest absolute Gasteiger partial charge is 0.331 e. The number of carbonyl (C=O) groups excluding carboxylic acids is 1. The number of nitro groups is 1. The van der Waals surface area contributed by atoms with Crippen molar-refractivity contribution in [3.63, 3.8) is 0 Å². The standard InChI is InChI=1S/C14H15NO4/c1-2-3-4-13-12(9-14(16)19-13)10-5-7-11(8-6-10)15(17)18/h5-9,13H,2-4H2,1H3. The van der Waals surface area contributed by atoms with Crippen LogP contribution in [-0.2, 0) is 9.53 Å². The van der Waals surface area contributed by atoms with Crippen molar-refractivity contribution in [3.05, 3.63) is 46.0 Å². The summed E-state index contributed by atoms with van der Waals surface area (Å²) in [6, 6.07) is 6.20. The van der Waals surface area contributed by atoms with Crippen LogP contribution in [0.25, 0.3) is 5.57 Å². The number of nitrogens with zero attached hydrogens (tertiary/aromatic N) is 1. The summed E-state index contributed by atoms with van der Waals surface area (Å²) in [7, 11) is 0. The average Bonchev–Trinajstić information content (AvgIpc) is 2.77. The van der Waals surface area contributed by atoms with Gasteiger partial charge in [-0.2, -0.15) is 0 Å². The summed E-state index contributed by atoms with van der Waals surface area (Å²) in [5.41, 5.74) is 1.66. The largest absolute Gasteiger partial charge is 0.454 e. The summed E-state index contributed by atoms with van der Waals surface area (Å²) in [6.07, 6.45) is 4.03. The second-order valence-electron chi connectivity index (χ2n) is 4.47. The van der Waals surface area contributed by atoms with Crippen LogP contribution in [0.5, 0.6) is 0 Å². The van der Waals surface area contributed by atoms with Gasteiger partial charge >= 0.3 is 5.97 Å². The number of esters is 1. The van der Waals surface area contributed by atoms with E-state index < -0.39 is 4.92 Å². The number of unbranched alkanes of at least 4 members (excludes halogenated alkanes) is 1. The summed E-state index contributed by atoms with van der Waals surface area (Å²) in [6.45, 7) is 2.08. The molecule has 1 heterocycles. The molecule has 0 spiro atoms. The first kappa shape index (κ1) is 13.3. The molecule has 1 aliphatic heterocycles. The first-order chi connectivity index (χ1) is 9.11. The van der Waals surface area contributed by atoms with E-state index in [1.165, 1.54) is 18.2 Å². The molecule has 1 aromatic carbocycles. The minimum absolute atomic E-state index is 0.0414. The summed E-state index contributed by atoms with van der Waals surface area (Å²) in [4.78, 5) is 21.5. The Morgan fingerprint density at radius 2 is 2.00 bits per heavy atom. The molecule has 0 N–H and O–H groups in total. The molecule has 0 bridgehead atoms. The summed E-state index contributed by atoms with van der Waals surface area (Å²) in [5.74, 6) is -0.338. The molecule has 1 aliphatic rings. The van der Waals surface area contributed by atoms with Crippen LogP contribution in [-0.4, -0.2) is 17.0 Å². The van der Waals surface area contributed by atoms with Crippen molar-refractivity contribution in [1.29, 1.82) is 0 Å². The molecule has 5 nitrogen and oxygen atoms in total. The molecule has 1 atom stereocenters. The lowest BCUT2D eigenvalue weighted by molar-refractivity contribution is -0.384. The highest BCUT2D eigenvalue weighted by Gasteiger charge is 2.26. The second-order valence-corrected chi connectivity index (χ2v) is 4.47. The predicted octanol–water partition coefficient (Wildman–Crippen LogP) is 3.09.